The van der Waals surface area contributed by atoms with Crippen LogP contribution in [0.4, 0.5) is 5.69 Å². The van der Waals surface area contributed by atoms with Crippen LogP contribution < -0.4 is 10.6 Å². The molecule has 0 aliphatic carbocycles. The Labute approximate surface area is 154 Å². The molecule has 2 N–H and O–H groups in total. The van der Waals surface area contributed by atoms with Crippen molar-refractivity contribution in [2.75, 3.05) is 18.5 Å². The average molecular weight is 357 g/mol. The van der Waals surface area contributed by atoms with Crippen LogP contribution in [0.2, 0.25) is 0 Å². The monoisotopic (exact) mass is 357 g/mol. The van der Waals surface area contributed by atoms with E-state index >= 15 is 0 Å². The van der Waals surface area contributed by atoms with Crippen molar-refractivity contribution in [2.24, 2.45) is 0 Å². The Kier molecular flexibility index (Phi) is 5.16. The molecule has 1 fully saturated rings. The molecule has 6 heteroatoms. The third-order valence-electron chi connectivity index (χ3n) is 4.52. The summed E-state index contributed by atoms with van der Waals surface area (Å²) in [5, 5.41) is 10.6. The van der Waals surface area contributed by atoms with E-state index in [-0.39, 0.29) is 16.9 Å². The number of nitrogens with one attached hydrogen (secondary N) is 2. The van der Waals surface area contributed by atoms with E-state index in [0.717, 1.165) is 35.7 Å². The number of aromatic nitrogens is 1. The van der Waals surface area contributed by atoms with E-state index in [9.17, 15) is 4.79 Å². The molecule has 6 nitrogen and oxygen atoms in total. The van der Waals surface area contributed by atoms with Crippen LogP contribution in [0.5, 0.6) is 0 Å². The summed E-state index contributed by atoms with van der Waals surface area (Å²) in [5.74, 6) is 0.833. The number of nitrogens with zero attached hydrogens (tertiary/aromatic N) is 1. The van der Waals surface area contributed by atoms with E-state index in [1.54, 1.807) is 0 Å². The molecular weight excluding hydrogens is 330 g/mol. The minimum Gasteiger partial charge on any atom is -0.377 e. The highest BCUT2D eigenvalue weighted by atomic mass is 16.5. The highest BCUT2D eigenvalue weighted by Crippen LogP contribution is 2.27. The van der Waals surface area contributed by atoms with Crippen molar-refractivity contribution in [1.29, 1.82) is 0 Å². The lowest BCUT2D eigenvalue weighted by atomic mass is 9.89. The predicted molar refractivity (Wildman–Crippen MR) is 100 cm³/mol. The van der Waals surface area contributed by atoms with Crippen LogP contribution in [-0.4, -0.2) is 29.8 Å². The number of carbonyl (C=O) groups is 1. The Morgan fingerprint density at radius 1 is 1.23 bits per heavy atom. The van der Waals surface area contributed by atoms with Crippen LogP contribution in [0, 0.1) is 0 Å². The molecule has 140 valence electrons. The molecule has 0 unspecified atom stereocenters. The van der Waals surface area contributed by atoms with Crippen molar-refractivity contribution < 1.29 is 14.1 Å². The van der Waals surface area contributed by atoms with Gasteiger partial charge in [-0.3, -0.25) is 4.79 Å². The lowest BCUT2D eigenvalue weighted by Crippen LogP contribution is -2.61. The molecule has 0 saturated carbocycles. The predicted octanol–water partition coefficient (Wildman–Crippen LogP) is 3.03. The second-order valence-electron chi connectivity index (χ2n) is 8.11. The van der Waals surface area contributed by atoms with E-state index in [0.29, 0.717) is 13.2 Å². The van der Waals surface area contributed by atoms with E-state index in [2.05, 4.69) is 36.6 Å². The van der Waals surface area contributed by atoms with Crippen molar-refractivity contribution in [3.8, 4) is 0 Å². The Morgan fingerprint density at radius 3 is 2.42 bits per heavy atom. The number of amides is 1. The van der Waals surface area contributed by atoms with Crippen LogP contribution >= 0.6 is 0 Å². The number of anilines is 1. The van der Waals surface area contributed by atoms with Crippen LogP contribution in [0.3, 0.4) is 0 Å². The van der Waals surface area contributed by atoms with E-state index in [1.807, 2.05) is 30.3 Å². The summed E-state index contributed by atoms with van der Waals surface area (Å²) in [6.07, 6.45) is 0.774. The van der Waals surface area contributed by atoms with Crippen molar-refractivity contribution in [2.45, 2.75) is 51.6 Å². The highest BCUT2D eigenvalue weighted by Gasteiger charge is 2.39. The number of hydrogen-bond donors (Lipinski definition) is 2. The Morgan fingerprint density at radius 2 is 1.92 bits per heavy atom. The normalized spacial score (nSPS) is 16.2. The molecule has 3 rings (SSSR count). The first-order chi connectivity index (χ1) is 12.3. The van der Waals surface area contributed by atoms with Crippen molar-refractivity contribution in [1.82, 2.24) is 10.5 Å². The molecular formula is C20H27N3O3. The number of carbonyl (C=O) groups excluding carboxylic acids is 1. The zero-order valence-electron chi connectivity index (χ0n) is 15.9. The number of ether oxygens (including phenoxy) is 1. The SMILES string of the molecule is CC(=O)Nc1ccc(CNC2(Cc3cc(C(C)(C)C)on3)COC2)cc1. The van der Waals surface area contributed by atoms with Gasteiger partial charge in [0.25, 0.3) is 0 Å². The zero-order chi connectivity index (χ0) is 18.8. The van der Waals surface area contributed by atoms with Gasteiger partial charge in [0.2, 0.25) is 5.91 Å². The molecule has 1 saturated heterocycles. The first kappa shape index (κ1) is 18.6. The summed E-state index contributed by atoms with van der Waals surface area (Å²) < 4.78 is 11.0. The topological polar surface area (TPSA) is 76.4 Å². The molecule has 1 aliphatic heterocycles. The maximum absolute atomic E-state index is 11.1. The highest BCUT2D eigenvalue weighted by molar-refractivity contribution is 5.88. The lowest BCUT2D eigenvalue weighted by Gasteiger charge is -2.42. The molecule has 0 radical (unpaired) electrons. The van der Waals surface area contributed by atoms with Gasteiger partial charge >= 0.3 is 0 Å². The Hall–Kier alpha value is -2.18. The fourth-order valence-corrected chi connectivity index (χ4v) is 2.91. The summed E-state index contributed by atoms with van der Waals surface area (Å²) >= 11 is 0. The van der Waals surface area contributed by atoms with Gasteiger partial charge in [0.05, 0.1) is 24.4 Å². The minimum atomic E-state index is -0.109. The third kappa shape index (κ3) is 4.51. The maximum atomic E-state index is 11.1. The van der Waals surface area contributed by atoms with Crippen molar-refractivity contribution in [3.63, 3.8) is 0 Å². The van der Waals surface area contributed by atoms with Crippen molar-refractivity contribution >= 4 is 11.6 Å². The largest absolute Gasteiger partial charge is 0.377 e. The van der Waals surface area contributed by atoms with Crippen LogP contribution in [0.1, 0.15) is 44.7 Å². The number of benzene rings is 1. The van der Waals surface area contributed by atoms with Gasteiger partial charge in [-0.25, -0.2) is 0 Å². The van der Waals surface area contributed by atoms with Gasteiger partial charge in [0.15, 0.2) is 0 Å². The molecule has 0 bridgehead atoms. The van der Waals surface area contributed by atoms with E-state index in [1.165, 1.54) is 6.92 Å². The first-order valence-electron chi connectivity index (χ1n) is 8.91. The van der Waals surface area contributed by atoms with Gasteiger partial charge < -0.3 is 19.9 Å². The lowest BCUT2D eigenvalue weighted by molar-refractivity contribution is -0.114. The second kappa shape index (κ2) is 7.21. The van der Waals surface area contributed by atoms with Crippen LogP contribution in [0.25, 0.3) is 0 Å². The Balaban J connectivity index is 1.60. The van der Waals surface area contributed by atoms with Gasteiger partial charge in [-0.05, 0) is 17.7 Å². The fraction of sp³-hybridized carbons (Fsp3) is 0.500. The molecule has 1 aliphatic rings. The molecule has 1 aromatic heterocycles. The van der Waals surface area contributed by atoms with Gasteiger partial charge in [-0.15, -0.1) is 0 Å². The summed E-state index contributed by atoms with van der Waals surface area (Å²) in [4.78, 5) is 11.1. The molecule has 2 heterocycles. The van der Waals surface area contributed by atoms with Crippen molar-refractivity contribution in [3.05, 3.63) is 47.3 Å². The standard InChI is InChI=1S/C20H27N3O3/c1-14(24)22-16-7-5-15(6-8-16)11-21-20(12-25-13-20)10-17-9-18(26-23-17)19(2,3)4/h5-9,21H,10-13H2,1-4H3,(H,22,24). The van der Waals surface area contributed by atoms with E-state index < -0.39 is 0 Å². The van der Waals surface area contributed by atoms with Gasteiger partial charge in [-0.1, -0.05) is 38.1 Å². The second-order valence-corrected chi connectivity index (χ2v) is 8.11. The molecule has 0 spiro atoms. The van der Waals surface area contributed by atoms with Gasteiger partial charge in [0.1, 0.15) is 5.76 Å². The zero-order valence-corrected chi connectivity index (χ0v) is 15.9. The summed E-state index contributed by atoms with van der Waals surface area (Å²) in [6, 6.07) is 9.90. The van der Waals surface area contributed by atoms with Crippen LogP contribution in [0.15, 0.2) is 34.9 Å². The Bertz CT molecular complexity index is 755. The molecule has 1 amide bonds. The van der Waals surface area contributed by atoms with Gasteiger partial charge in [-0.2, -0.15) is 0 Å². The van der Waals surface area contributed by atoms with E-state index in [4.69, 9.17) is 9.26 Å². The quantitative estimate of drug-likeness (QED) is 0.831. The summed E-state index contributed by atoms with van der Waals surface area (Å²) in [5.41, 5.74) is 2.76. The molecule has 26 heavy (non-hydrogen) atoms. The third-order valence-corrected chi connectivity index (χ3v) is 4.52. The van der Waals surface area contributed by atoms with Gasteiger partial charge in [0, 0.05) is 37.1 Å². The fourth-order valence-electron chi connectivity index (χ4n) is 2.91. The minimum absolute atomic E-state index is 0.0440. The molecule has 2 aromatic rings. The average Bonchev–Trinajstić information content (AvgIpc) is 2.99. The number of rotatable bonds is 6. The molecule has 0 atom stereocenters. The summed E-state index contributed by atoms with van der Waals surface area (Å²) in [6.45, 7) is 9.90. The summed E-state index contributed by atoms with van der Waals surface area (Å²) in [7, 11) is 0. The smallest absolute Gasteiger partial charge is 0.221 e. The van der Waals surface area contributed by atoms with Crippen LogP contribution in [-0.2, 0) is 27.9 Å². The maximum Gasteiger partial charge on any atom is 0.221 e. The number of hydrogen-bond acceptors (Lipinski definition) is 5. The molecule has 1 aromatic carbocycles. The first-order valence-corrected chi connectivity index (χ1v) is 8.91.